The van der Waals surface area contributed by atoms with Crippen LogP contribution in [-0.2, 0) is 14.9 Å². The van der Waals surface area contributed by atoms with E-state index in [1.807, 2.05) is 6.07 Å². The van der Waals surface area contributed by atoms with Crippen molar-refractivity contribution in [3.05, 3.63) is 35.4 Å². The minimum atomic E-state index is -0.291. The van der Waals surface area contributed by atoms with Crippen LogP contribution in [0.4, 0.5) is 0 Å². The molecule has 2 rings (SSSR count). The molecule has 1 aromatic carbocycles. The molecule has 0 amide bonds. The van der Waals surface area contributed by atoms with Gasteiger partial charge in [0.1, 0.15) is 0 Å². The predicted molar refractivity (Wildman–Crippen MR) is 63.2 cm³/mol. The van der Waals surface area contributed by atoms with Crippen LogP contribution in [0.3, 0.4) is 0 Å². The molecule has 0 heterocycles. The first kappa shape index (κ1) is 11.6. The molecule has 0 unspecified atom stereocenters. The highest BCUT2D eigenvalue weighted by Crippen LogP contribution is 2.49. The lowest BCUT2D eigenvalue weighted by atomic mass is 9.91. The highest BCUT2D eigenvalue weighted by Gasteiger charge is 2.44. The van der Waals surface area contributed by atoms with Crippen LogP contribution in [0.15, 0.2) is 24.3 Å². The standard InChI is InChI=1S/C13H19NO2/c1-15-12(16-2)10-5-3-4-6-11(10)13(9-14)7-8-13/h3-6,12H,7-9,14H2,1-2H3. The van der Waals surface area contributed by atoms with Crippen LogP contribution in [-0.4, -0.2) is 20.8 Å². The van der Waals surface area contributed by atoms with Gasteiger partial charge in [0.05, 0.1) is 0 Å². The summed E-state index contributed by atoms with van der Waals surface area (Å²) in [4.78, 5) is 0. The molecule has 1 aliphatic rings. The van der Waals surface area contributed by atoms with Gasteiger partial charge in [-0.2, -0.15) is 0 Å². The summed E-state index contributed by atoms with van der Waals surface area (Å²) in [6.45, 7) is 0.699. The van der Waals surface area contributed by atoms with E-state index in [0.29, 0.717) is 6.54 Å². The lowest BCUT2D eigenvalue weighted by molar-refractivity contribution is -0.106. The molecule has 0 bridgehead atoms. The van der Waals surface area contributed by atoms with Crippen LogP contribution in [0, 0.1) is 0 Å². The molecular weight excluding hydrogens is 202 g/mol. The molecule has 1 fully saturated rings. The van der Waals surface area contributed by atoms with Crippen LogP contribution in [0.5, 0.6) is 0 Å². The van der Waals surface area contributed by atoms with Crippen LogP contribution >= 0.6 is 0 Å². The highest BCUT2D eigenvalue weighted by atomic mass is 16.7. The fraction of sp³-hybridized carbons (Fsp3) is 0.538. The lowest BCUT2D eigenvalue weighted by Gasteiger charge is -2.22. The summed E-state index contributed by atoms with van der Waals surface area (Å²) in [5.41, 5.74) is 8.43. The molecule has 0 atom stereocenters. The Balaban J connectivity index is 2.38. The van der Waals surface area contributed by atoms with Gasteiger partial charge in [-0.3, -0.25) is 0 Å². The molecular formula is C13H19NO2. The van der Waals surface area contributed by atoms with Gasteiger partial charge in [-0.1, -0.05) is 24.3 Å². The average Bonchev–Trinajstić information content (AvgIpc) is 3.12. The Morgan fingerprint density at radius 1 is 1.25 bits per heavy atom. The number of methoxy groups -OCH3 is 2. The quantitative estimate of drug-likeness (QED) is 0.773. The van der Waals surface area contributed by atoms with E-state index in [1.54, 1.807) is 14.2 Å². The number of ether oxygens (including phenoxy) is 2. The maximum atomic E-state index is 5.87. The number of benzene rings is 1. The third kappa shape index (κ3) is 1.86. The average molecular weight is 221 g/mol. The van der Waals surface area contributed by atoms with Crippen molar-refractivity contribution in [2.24, 2.45) is 5.73 Å². The van der Waals surface area contributed by atoms with E-state index in [9.17, 15) is 0 Å². The van der Waals surface area contributed by atoms with Gasteiger partial charge in [0, 0.05) is 31.7 Å². The Kier molecular flexibility index (Phi) is 3.28. The molecule has 0 aromatic heterocycles. The maximum Gasteiger partial charge on any atom is 0.183 e. The second-order valence-corrected chi connectivity index (χ2v) is 4.38. The SMILES string of the molecule is COC(OC)c1ccccc1C1(CN)CC1. The van der Waals surface area contributed by atoms with Crippen molar-refractivity contribution in [2.45, 2.75) is 24.5 Å². The summed E-state index contributed by atoms with van der Waals surface area (Å²) in [6, 6.07) is 8.26. The monoisotopic (exact) mass is 221 g/mol. The Bertz CT molecular complexity index is 357. The maximum absolute atomic E-state index is 5.87. The first-order valence-electron chi connectivity index (χ1n) is 5.62. The summed E-state index contributed by atoms with van der Waals surface area (Å²) in [5.74, 6) is 0. The molecule has 1 saturated carbocycles. The summed E-state index contributed by atoms with van der Waals surface area (Å²) >= 11 is 0. The lowest BCUT2D eigenvalue weighted by Crippen LogP contribution is -2.22. The van der Waals surface area contributed by atoms with Crippen molar-refractivity contribution in [2.75, 3.05) is 20.8 Å². The van der Waals surface area contributed by atoms with Gasteiger partial charge in [-0.25, -0.2) is 0 Å². The number of hydrogen-bond donors (Lipinski definition) is 1. The number of nitrogens with two attached hydrogens (primary N) is 1. The Morgan fingerprint density at radius 3 is 2.38 bits per heavy atom. The molecule has 0 aliphatic heterocycles. The van der Waals surface area contributed by atoms with Gasteiger partial charge in [0.2, 0.25) is 0 Å². The summed E-state index contributed by atoms with van der Waals surface area (Å²) in [5, 5.41) is 0. The van der Waals surface area contributed by atoms with E-state index in [-0.39, 0.29) is 11.7 Å². The van der Waals surface area contributed by atoms with Gasteiger partial charge in [0.15, 0.2) is 6.29 Å². The molecule has 0 saturated heterocycles. The molecule has 16 heavy (non-hydrogen) atoms. The third-order valence-corrected chi connectivity index (χ3v) is 3.46. The van der Waals surface area contributed by atoms with Crippen LogP contribution in [0.2, 0.25) is 0 Å². The third-order valence-electron chi connectivity index (χ3n) is 3.46. The minimum Gasteiger partial charge on any atom is -0.352 e. The molecule has 1 aromatic rings. The van der Waals surface area contributed by atoms with Crippen LogP contribution in [0.25, 0.3) is 0 Å². The van der Waals surface area contributed by atoms with Gasteiger partial charge in [-0.15, -0.1) is 0 Å². The summed E-state index contributed by atoms with van der Waals surface area (Å²) in [6.07, 6.45) is 2.04. The van der Waals surface area contributed by atoms with Gasteiger partial charge >= 0.3 is 0 Å². The van der Waals surface area contributed by atoms with E-state index in [2.05, 4.69) is 18.2 Å². The summed E-state index contributed by atoms with van der Waals surface area (Å²) in [7, 11) is 3.32. The van der Waals surface area contributed by atoms with Crippen LogP contribution < -0.4 is 5.73 Å². The summed E-state index contributed by atoms with van der Waals surface area (Å²) < 4.78 is 10.7. The Morgan fingerprint density at radius 2 is 1.88 bits per heavy atom. The zero-order valence-corrected chi connectivity index (χ0v) is 9.90. The van der Waals surface area contributed by atoms with Crippen molar-refractivity contribution in [3.63, 3.8) is 0 Å². The Hall–Kier alpha value is -0.900. The molecule has 88 valence electrons. The van der Waals surface area contributed by atoms with E-state index >= 15 is 0 Å². The van der Waals surface area contributed by atoms with E-state index in [0.717, 1.165) is 5.56 Å². The molecule has 0 spiro atoms. The highest BCUT2D eigenvalue weighted by molar-refractivity contribution is 5.39. The number of rotatable bonds is 5. The van der Waals surface area contributed by atoms with Crippen molar-refractivity contribution >= 4 is 0 Å². The van der Waals surface area contributed by atoms with E-state index in [1.165, 1.54) is 18.4 Å². The normalized spacial score (nSPS) is 17.8. The van der Waals surface area contributed by atoms with Crippen molar-refractivity contribution in [3.8, 4) is 0 Å². The van der Waals surface area contributed by atoms with Crippen molar-refractivity contribution in [1.29, 1.82) is 0 Å². The first-order valence-corrected chi connectivity index (χ1v) is 5.62. The minimum absolute atomic E-state index is 0.173. The molecule has 3 heteroatoms. The fourth-order valence-corrected chi connectivity index (χ4v) is 2.27. The second-order valence-electron chi connectivity index (χ2n) is 4.38. The molecule has 3 nitrogen and oxygen atoms in total. The molecule has 0 radical (unpaired) electrons. The predicted octanol–water partition coefficient (Wildman–Crippen LogP) is 1.97. The van der Waals surface area contributed by atoms with Crippen molar-refractivity contribution in [1.82, 2.24) is 0 Å². The van der Waals surface area contributed by atoms with Crippen LogP contribution in [0.1, 0.15) is 30.3 Å². The zero-order chi connectivity index (χ0) is 11.6. The Labute approximate surface area is 96.5 Å². The zero-order valence-electron chi connectivity index (χ0n) is 9.90. The second kappa shape index (κ2) is 4.53. The van der Waals surface area contributed by atoms with Gasteiger partial charge in [-0.05, 0) is 18.4 Å². The molecule has 2 N–H and O–H groups in total. The van der Waals surface area contributed by atoms with Gasteiger partial charge in [0.25, 0.3) is 0 Å². The fourth-order valence-electron chi connectivity index (χ4n) is 2.27. The molecule has 1 aliphatic carbocycles. The largest absolute Gasteiger partial charge is 0.352 e. The smallest absolute Gasteiger partial charge is 0.183 e. The first-order chi connectivity index (χ1) is 7.77. The van der Waals surface area contributed by atoms with E-state index < -0.39 is 0 Å². The number of hydrogen-bond acceptors (Lipinski definition) is 3. The van der Waals surface area contributed by atoms with Crippen molar-refractivity contribution < 1.29 is 9.47 Å². The van der Waals surface area contributed by atoms with E-state index in [4.69, 9.17) is 15.2 Å². The van der Waals surface area contributed by atoms with Gasteiger partial charge < -0.3 is 15.2 Å². The topological polar surface area (TPSA) is 44.5 Å².